The van der Waals surface area contributed by atoms with Crippen LogP contribution in [0.2, 0.25) is 0 Å². The van der Waals surface area contributed by atoms with Crippen LogP contribution >= 0.6 is 34.4 Å². The van der Waals surface area contributed by atoms with Crippen LogP contribution in [0.25, 0.3) is 10.2 Å². The molecule has 86 valence electrons. The summed E-state index contributed by atoms with van der Waals surface area (Å²) in [7, 11) is 0. The largest absolute Gasteiger partial charge is 0.292 e. The molecule has 4 nitrogen and oxygen atoms in total. The lowest BCUT2D eigenvalue weighted by molar-refractivity contribution is 1.08. The van der Waals surface area contributed by atoms with Gasteiger partial charge in [-0.15, -0.1) is 22.7 Å². The molecule has 0 saturated carbocycles. The number of nitrogen functional groups attached to an aromatic ring is 1. The number of anilines is 1. The van der Waals surface area contributed by atoms with E-state index in [4.69, 9.17) is 5.84 Å². The number of nitrogens with two attached hydrogens (primary N) is 1. The minimum Gasteiger partial charge on any atom is -0.292 e. The van der Waals surface area contributed by atoms with Crippen molar-refractivity contribution in [3.8, 4) is 0 Å². The molecule has 0 aliphatic carbocycles. The highest BCUT2D eigenvalue weighted by molar-refractivity contribution is 8.01. The lowest BCUT2D eigenvalue weighted by atomic mass is 10.4. The number of thiophene rings is 2. The molecule has 0 atom stereocenters. The Balaban J connectivity index is 2.10. The Morgan fingerprint density at radius 3 is 2.88 bits per heavy atom. The van der Waals surface area contributed by atoms with E-state index < -0.39 is 0 Å². The summed E-state index contributed by atoms with van der Waals surface area (Å²) >= 11 is 4.92. The second kappa shape index (κ2) is 4.61. The van der Waals surface area contributed by atoms with Crippen molar-refractivity contribution < 1.29 is 0 Å². The average Bonchev–Trinajstić information content (AvgIpc) is 2.98. The molecule has 0 aliphatic heterocycles. The fourth-order valence-electron chi connectivity index (χ4n) is 1.39. The molecule has 0 fully saturated rings. The van der Waals surface area contributed by atoms with Crippen molar-refractivity contribution in [2.24, 2.45) is 5.84 Å². The fraction of sp³-hybridized carbons (Fsp3) is 0. The summed E-state index contributed by atoms with van der Waals surface area (Å²) in [5.74, 6) is 5.83. The Morgan fingerprint density at radius 1 is 1.18 bits per heavy atom. The number of fused-ring (bicyclic) bond motifs is 1. The summed E-state index contributed by atoms with van der Waals surface area (Å²) in [5.41, 5.74) is 2.50. The molecular weight excluding hydrogens is 272 g/mol. The van der Waals surface area contributed by atoms with Gasteiger partial charge in [0.05, 0.1) is 4.21 Å². The number of hydrogen-bond acceptors (Lipinski definition) is 7. The van der Waals surface area contributed by atoms with Gasteiger partial charge in [0.25, 0.3) is 0 Å². The van der Waals surface area contributed by atoms with Gasteiger partial charge in [-0.05, 0) is 22.9 Å². The number of hydrazine groups is 1. The highest BCUT2D eigenvalue weighted by atomic mass is 32.2. The molecule has 0 amide bonds. The van der Waals surface area contributed by atoms with E-state index >= 15 is 0 Å². The molecule has 0 bridgehead atoms. The van der Waals surface area contributed by atoms with Crippen molar-refractivity contribution in [2.75, 3.05) is 5.43 Å². The van der Waals surface area contributed by atoms with Crippen LogP contribution in [-0.2, 0) is 0 Å². The Morgan fingerprint density at radius 2 is 2.12 bits per heavy atom. The molecule has 3 aromatic heterocycles. The summed E-state index contributed by atoms with van der Waals surface area (Å²) in [6, 6.07) is 6.14. The van der Waals surface area contributed by atoms with Gasteiger partial charge in [-0.2, -0.15) is 0 Å². The highest BCUT2D eigenvalue weighted by Gasteiger charge is 2.10. The van der Waals surface area contributed by atoms with Crippen molar-refractivity contribution >= 4 is 50.6 Å². The molecule has 3 rings (SSSR count). The van der Waals surface area contributed by atoms with Crippen LogP contribution in [0.4, 0.5) is 5.95 Å². The maximum atomic E-state index is 5.37. The van der Waals surface area contributed by atoms with Crippen molar-refractivity contribution in [3.63, 3.8) is 0 Å². The lowest BCUT2D eigenvalue weighted by Crippen LogP contribution is -2.10. The first kappa shape index (κ1) is 11.0. The molecule has 17 heavy (non-hydrogen) atoms. The van der Waals surface area contributed by atoms with E-state index in [1.807, 2.05) is 17.5 Å². The number of nitrogens with zero attached hydrogens (tertiary/aromatic N) is 2. The standard InChI is InChI=1S/C10H8N4S3/c11-14-10-12-8-6(3-5-16-8)9(13-10)17-7-2-1-4-15-7/h1-5H,11H2,(H,12,13,14). The molecule has 0 aliphatic rings. The summed E-state index contributed by atoms with van der Waals surface area (Å²) in [4.78, 5) is 9.65. The first-order valence-corrected chi connectivity index (χ1v) is 7.37. The zero-order chi connectivity index (χ0) is 11.7. The van der Waals surface area contributed by atoms with E-state index in [2.05, 4.69) is 26.8 Å². The third kappa shape index (κ3) is 2.14. The second-order valence-corrected chi connectivity index (χ2v) is 6.30. The maximum Gasteiger partial charge on any atom is 0.239 e. The molecule has 0 radical (unpaired) electrons. The van der Waals surface area contributed by atoms with Gasteiger partial charge in [0.15, 0.2) is 0 Å². The van der Waals surface area contributed by atoms with Crippen LogP contribution in [0.1, 0.15) is 0 Å². The smallest absolute Gasteiger partial charge is 0.239 e. The van der Waals surface area contributed by atoms with Gasteiger partial charge in [-0.1, -0.05) is 17.8 Å². The highest BCUT2D eigenvalue weighted by Crippen LogP contribution is 2.36. The van der Waals surface area contributed by atoms with Crippen LogP contribution in [0.3, 0.4) is 0 Å². The van der Waals surface area contributed by atoms with Crippen LogP contribution in [0.5, 0.6) is 0 Å². The predicted molar refractivity (Wildman–Crippen MR) is 73.7 cm³/mol. The lowest BCUT2D eigenvalue weighted by Gasteiger charge is -2.03. The second-order valence-electron chi connectivity index (χ2n) is 3.17. The van der Waals surface area contributed by atoms with Crippen molar-refractivity contribution in [2.45, 2.75) is 9.24 Å². The van der Waals surface area contributed by atoms with Gasteiger partial charge in [-0.25, -0.2) is 15.8 Å². The minimum absolute atomic E-state index is 0.457. The van der Waals surface area contributed by atoms with Crippen LogP contribution < -0.4 is 11.3 Å². The summed E-state index contributed by atoms with van der Waals surface area (Å²) in [6.07, 6.45) is 0. The maximum absolute atomic E-state index is 5.37. The molecule has 0 unspecified atom stereocenters. The number of hydrogen-bond donors (Lipinski definition) is 2. The topological polar surface area (TPSA) is 63.8 Å². The molecular formula is C10H8N4S3. The van der Waals surface area contributed by atoms with Gasteiger partial charge in [0, 0.05) is 5.39 Å². The molecule has 3 heterocycles. The Kier molecular flexibility index (Phi) is 2.98. The number of aromatic nitrogens is 2. The summed E-state index contributed by atoms with van der Waals surface area (Å²) in [6.45, 7) is 0. The van der Waals surface area contributed by atoms with E-state index in [1.54, 1.807) is 34.4 Å². The Labute approximate surface area is 110 Å². The third-order valence-corrected chi connectivity index (χ3v) is 4.96. The average molecular weight is 280 g/mol. The van der Waals surface area contributed by atoms with E-state index in [-0.39, 0.29) is 0 Å². The van der Waals surface area contributed by atoms with Gasteiger partial charge in [-0.3, -0.25) is 5.43 Å². The zero-order valence-electron chi connectivity index (χ0n) is 8.58. The molecule has 7 heteroatoms. The van der Waals surface area contributed by atoms with Gasteiger partial charge < -0.3 is 0 Å². The molecule has 0 aromatic carbocycles. The zero-order valence-corrected chi connectivity index (χ0v) is 11.0. The van der Waals surface area contributed by atoms with Gasteiger partial charge in [0.1, 0.15) is 9.86 Å². The van der Waals surface area contributed by atoms with Gasteiger partial charge in [0.2, 0.25) is 5.95 Å². The summed E-state index contributed by atoms with van der Waals surface area (Å²) in [5, 5.41) is 6.08. The van der Waals surface area contributed by atoms with Crippen LogP contribution in [0, 0.1) is 0 Å². The van der Waals surface area contributed by atoms with Crippen molar-refractivity contribution in [1.82, 2.24) is 9.97 Å². The molecule has 3 N–H and O–H groups in total. The van der Waals surface area contributed by atoms with E-state index in [0.29, 0.717) is 5.95 Å². The fourth-order valence-corrected chi connectivity index (χ4v) is 4.00. The first-order valence-electron chi connectivity index (χ1n) is 4.80. The van der Waals surface area contributed by atoms with Crippen molar-refractivity contribution in [3.05, 3.63) is 29.0 Å². The monoisotopic (exact) mass is 280 g/mol. The Hall–Kier alpha value is -1.15. The van der Waals surface area contributed by atoms with E-state index in [0.717, 1.165) is 15.2 Å². The van der Waals surface area contributed by atoms with E-state index in [9.17, 15) is 0 Å². The van der Waals surface area contributed by atoms with Crippen LogP contribution in [-0.4, -0.2) is 9.97 Å². The van der Waals surface area contributed by atoms with Crippen molar-refractivity contribution in [1.29, 1.82) is 0 Å². The first-order chi connectivity index (χ1) is 8.36. The Bertz CT molecular complexity index is 632. The molecule has 0 spiro atoms. The minimum atomic E-state index is 0.457. The number of nitrogens with one attached hydrogen (secondary N) is 1. The summed E-state index contributed by atoms with van der Waals surface area (Å²) < 4.78 is 1.21. The van der Waals surface area contributed by atoms with Crippen LogP contribution in [0.15, 0.2) is 38.2 Å². The quantitative estimate of drug-likeness (QED) is 0.438. The number of rotatable bonds is 3. The predicted octanol–water partition coefficient (Wildman–Crippen LogP) is 3.19. The SMILES string of the molecule is NNc1nc(Sc2cccs2)c2ccsc2n1. The van der Waals surface area contributed by atoms with Gasteiger partial charge >= 0.3 is 0 Å². The molecule has 0 saturated heterocycles. The van der Waals surface area contributed by atoms with E-state index in [1.165, 1.54) is 4.21 Å². The molecule has 3 aromatic rings. The third-order valence-electron chi connectivity index (χ3n) is 2.11. The normalized spacial score (nSPS) is 10.9.